The lowest BCUT2D eigenvalue weighted by Gasteiger charge is -2.21. The molecule has 2 heteroatoms. The van der Waals surface area contributed by atoms with E-state index in [1.54, 1.807) is 0 Å². The van der Waals surface area contributed by atoms with Crippen LogP contribution in [-0.4, -0.2) is 18.8 Å². The SMILES string of the molecule is C=CCCCC(N)C1OCCC1C. The molecule has 0 saturated carbocycles. The molecule has 76 valence electrons. The first kappa shape index (κ1) is 10.7. The molecule has 1 saturated heterocycles. The van der Waals surface area contributed by atoms with Gasteiger partial charge in [-0.05, 0) is 31.6 Å². The summed E-state index contributed by atoms with van der Waals surface area (Å²) in [4.78, 5) is 0. The summed E-state index contributed by atoms with van der Waals surface area (Å²) < 4.78 is 5.61. The van der Waals surface area contributed by atoms with E-state index < -0.39 is 0 Å². The summed E-state index contributed by atoms with van der Waals surface area (Å²) in [6.45, 7) is 6.82. The first-order valence-corrected chi connectivity index (χ1v) is 5.23. The molecule has 1 aliphatic rings. The van der Waals surface area contributed by atoms with Gasteiger partial charge < -0.3 is 10.5 Å². The molecule has 2 nitrogen and oxygen atoms in total. The summed E-state index contributed by atoms with van der Waals surface area (Å²) in [6.07, 6.45) is 6.67. The van der Waals surface area contributed by atoms with Gasteiger partial charge in [0.05, 0.1) is 6.10 Å². The van der Waals surface area contributed by atoms with E-state index in [2.05, 4.69) is 13.5 Å². The van der Waals surface area contributed by atoms with Crippen LogP contribution in [0.25, 0.3) is 0 Å². The monoisotopic (exact) mass is 183 g/mol. The van der Waals surface area contributed by atoms with Crippen molar-refractivity contribution in [1.82, 2.24) is 0 Å². The van der Waals surface area contributed by atoms with E-state index >= 15 is 0 Å². The molecule has 0 radical (unpaired) electrons. The van der Waals surface area contributed by atoms with Crippen molar-refractivity contribution < 1.29 is 4.74 Å². The van der Waals surface area contributed by atoms with Crippen LogP contribution in [0.15, 0.2) is 12.7 Å². The van der Waals surface area contributed by atoms with Crippen LogP contribution < -0.4 is 5.73 Å². The smallest absolute Gasteiger partial charge is 0.0752 e. The molecule has 0 aromatic carbocycles. The molecule has 0 aliphatic carbocycles. The van der Waals surface area contributed by atoms with Gasteiger partial charge in [0.15, 0.2) is 0 Å². The maximum Gasteiger partial charge on any atom is 0.0752 e. The molecule has 2 N–H and O–H groups in total. The van der Waals surface area contributed by atoms with Gasteiger partial charge in [-0.1, -0.05) is 13.0 Å². The second-order valence-electron chi connectivity index (χ2n) is 3.98. The Labute approximate surface area is 81.1 Å². The number of nitrogens with two attached hydrogens (primary N) is 1. The lowest BCUT2D eigenvalue weighted by molar-refractivity contribution is 0.0697. The molecule has 3 atom stereocenters. The van der Waals surface area contributed by atoms with Crippen molar-refractivity contribution >= 4 is 0 Å². The number of hydrogen-bond donors (Lipinski definition) is 1. The standard InChI is InChI=1S/C11H21NO/c1-3-4-5-6-10(12)11-9(2)7-8-13-11/h3,9-11H,1,4-8,12H2,2H3. The van der Waals surface area contributed by atoms with E-state index in [4.69, 9.17) is 10.5 Å². The van der Waals surface area contributed by atoms with Crippen LogP contribution in [-0.2, 0) is 4.74 Å². The highest BCUT2D eigenvalue weighted by atomic mass is 16.5. The first-order chi connectivity index (χ1) is 6.25. The predicted octanol–water partition coefficient (Wildman–Crippen LogP) is 2.09. The molecule has 0 amide bonds. The van der Waals surface area contributed by atoms with Crippen LogP contribution in [0.3, 0.4) is 0 Å². The average molecular weight is 183 g/mol. The second kappa shape index (κ2) is 5.40. The molecule has 13 heavy (non-hydrogen) atoms. The summed E-state index contributed by atoms with van der Waals surface area (Å²) in [5.41, 5.74) is 6.05. The van der Waals surface area contributed by atoms with Gasteiger partial charge in [-0.3, -0.25) is 0 Å². The maximum absolute atomic E-state index is 6.05. The normalized spacial score (nSPS) is 30.3. The third kappa shape index (κ3) is 3.12. The van der Waals surface area contributed by atoms with Gasteiger partial charge >= 0.3 is 0 Å². The zero-order valence-corrected chi connectivity index (χ0v) is 8.54. The van der Waals surface area contributed by atoms with E-state index in [1.807, 2.05) is 6.08 Å². The topological polar surface area (TPSA) is 35.2 Å². The maximum atomic E-state index is 6.05. The largest absolute Gasteiger partial charge is 0.376 e. The molecule has 0 aromatic heterocycles. The summed E-state index contributed by atoms with van der Waals surface area (Å²) in [5.74, 6) is 0.638. The van der Waals surface area contributed by atoms with Gasteiger partial charge in [-0.2, -0.15) is 0 Å². The number of unbranched alkanes of at least 4 members (excludes halogenated alkanes) is 1. The molecule has 1 fully saturated rings. The molecule has 0 aromatic rings. The Morgan fingerprint density at radius 1 is 1.69 bits per heavy atom. The molecule has 1 heterocycles. The zero-order chi connectivity index (χ0) is 9.68. The first-order valence-electron chi connectivity index (χ1n) is 5.23. The quantitative estimate of drug-likeness (QED) is 0.523. The third-order valence-electron chi connectivity index (χ3n) is 2.81. The third-order valence-corrected chi connectivity index (χ3v) is 2.81. The van der Waals surface area contributed by atoms with Gasteiger partial charge in [0.2, 0.25) is 0 Å². The highest BCUT2D eigenvalue weighted by Crippen LogP contribution is 2.23. The van der Waals surface area contributed by atoms with Crippen molar-refractivity contribution in [2.75, 3.05) is 6.61 Å². The van der Waals surface area contributed by atoms with E-state index in [-0.39, 0.29) is 6.04 Å². The second-order valence-corrected chi connectivity index (χ2v) is 3.98. The van der Waals surface area contributed by atoms with Gasteiger partial charge in [0.1, 0.15) is 0 Å². The lowest BCUT2D eigenvalue weighted by Crippen LogP contribution is -2.37. The number of hydrogen-bond acceptors (Lipinski definition) is 2. The van der Waals surface area contributed by atoms with E-state index in [1.165, 1.54) is 6.42 Å². The van der Waals surface area contributed by atoms with E-state index in [9.17, 15) is 0 Å². The van der Waals surface area contributed by atoms with Gasteiger partial charge in [0.25, 0.3) is 0 Å². The lowest BCUT2D eigenvalue weighted by atomic mass is 9.95. The van der Waals surface area contributed by atoms with Gasteiger partial charge in [-0.25, -0.2) is 0 Å². The van der Waals surface area contributed by atoms with Gasteiger partial charge in [-0.15, -0.1) is 6.58 Å². The molecule has 0 spiro atoms. The highest BCUT2D eigenvalue weighted by molar-refractivity contribution is 4.83. The van der Waals surface area contributed by atoms with Crippen LogP contribution in [0.4, 0.5) is 0 Å². The summed E-state index contributed by atoms with van der Waals surface area (Å²) in [7, 11) is 0. The fourth-order valence-electron chi connectivity index (χ4n) is 1.93. The number of rotatable bonds is 5. The molecule has 1 rings (SSSR count). The summed E-state index contributed by atoms with van der Waals surface area (Å²) >= 11 is 0. The predicted molar refractivity (Wildman–Crippen MR) is 55.5 cm³/mol. The van der Waals surface area contributed by atoms with Crippen molar-refractivity contribution in [2.24, 2.45) is 11.7 Å². The fraction of sp³-hybridized carbons (Fsp3) is 0.818. The Balaban J connectivity index is 2.21. The Kier molecular flexibility index (Phi) is 4.46. The van der Waals surface area contributed by atoms with Crippen molar-refractivity contribution in [3.63, 3.8) is 0 Å². The Hall–Kier alpha value is -0.340. The number of ether oxygens (including phenoxy) is 1. The summed E-state index contributed by atoms with van der Waals surface area (Å²) in [6, 6.07) is 0.220. The summed E-state index contributed by atoms with van der Waals surface area (Å²) in [5, 5.41) is 0. The van der Waals surface area contributed by atoms with Crippen LogP contribution in [0.1, 0.15) is 32.6 Å². The van der Waals surface area contributed by atoms with Crippen LogP contribution in [0, 0.1) is 5.92 Å². The van der Waals surface area contributed by atoms with Crippen molar-refractivity contribution in [3.8, 4) is 0 Å². The van der Waals surface area contributed by atoms with E-state index in [0.717, 1.165) is 25.9 Å². The molecular weight excluding hydrogens is 162 g/mol. The number of allylic oxidation sites excluding steroid dienone is 1. The average Bonchev–Trinajstić information content (AvgIpc) is 2.52. The fourth-order valence-corrected chi connectivity index (χ4v) is 1.93. The Bertz CT molecular complexity index is 158. The molecule has 3 unspecified atom stereocenters. The van der Waals surface area contributed by atoms with Gasteiger partial charge in [0, 0.05) is 12.6 Å². The van der Waals surface area contributed by atoms with Crippen molar-refractivity contribution in [3.05, 3.63) is 12.7 Å². The van der Waals surface area contributed by atoms with Crippen LogP contribution in [0.2, 0.25) is 0 Å². The van der Waals surface area contributed by atoms with Crippen LogP contribution >= 0.6 is 0 Å². The molecule has 0 bridgehead atoms. The Morgan fingerprint density at radius 3 is 3.00 bits per heavy atom. The van der Waals surface area contributed by atoms with E-state index in [0.29, 0.717) is 12.0 Å². The van der Waals surface area contributed by atoms with Crippen LogP contribution in [0.5, 0.6) is 0 Å². The minimum atomic E-state index is 0.220. The highest BCUT2D eigenvalue weighted by Gasteiger charge is 2.29. The minimum Gasteiger partial charge on any atom is -0.376 e. The zero-order valence-electron chi connectivity index (χ0n) is 8.54. The minimum absolute atomic E-state index is 0.220. The Morgan fingerprint density at radius 2 is 2.46 bits per heavy atom. The van der Waals surface area contributed by atoms with Crippen molar-refractivity contribution in [1.29, 1.82) is 0 Å². The van der Waals surface area contributed by atoms with Crippen molar-refractivity contribution in [2.45, 2.75) is 44.8 Å². The molecule has 1 aliphatic heterocycles. The molecular formula is C11H21NO.